The molecule has 0 saturated carbocycles. The largest absolute Gasteiger partial charge is 0.313 e. The van der Waals surface area contributed by atoms with Gasteiger partial charge in [-0.15, -0.1) is 0 Å². The second-order valence-corrected chi connectivity index (χ2v) is 7.75. The van der Waals surface area contributed by atoms with E-state index in [0.29, 0.717) is 6.54 Å². The summed E-state index contributed by atoms with van der Waals surface area (Å²) in [5.74, 6) is 0.146. The summed E-state index contributed by atoms with van der Waals surface area (Å²) in [6, 6.07) is 0. The van der Waals surface area contributed by atoms with Crippen molar-refractivity contribution in [3.05, 3.63) is 17.0 Å². The summed E-state index contributed by atoms with van der Waals surface area (Å²) in [4.78, 5) is 0. The van der Waals surface area contributed by atoms with Crippen molar-refractivity contribution in [1.82, 2.24) is 15.1 Å². The molecular weight excluding hydrogens is 262 g/mol. The highest BCUT2D eigenvalue weighted by molar-refractivity contribution is 7.91. The fourth-order valence-corrected chi connectivity index (χ4v) is 2.81. The summed E-state index contributed by atoms with van der Waals surface area (Å²) < 4.78 is 25.5. The third-order valence-electron chi connectivity index (χ3n) is 3.39. The van der Waals surface area contributed by atoms with Gasteiger partial charge in [-0.3, -0.25) is 4.68 Å². The zero-order chi connectivity index (χ0) is 14.6. The van der Waals surface area contributed by atoms with Gasteiger partial charge in [-0.1, -0.05) is 6.92 Å². The fraction of sp³-hybridized carbons (Fsp3) is 0.769. The zero-order valence-corrected chi connectivity index (χ0v) is 13.3. The molecule has 110 valence electrons. The molecule has 0 bridgehead atoms. The Morgan fingerprint density at radius 1 is 1.32 bits per heavy atom. The Hall–Kier alpha value is -0.880. The fourth-order valence-electron chi connectivity index (χ4n) is 1.91. The summed E-state index contributed by atoms with van der Waals surface area (Å²) in [5.41, 5.74) is 3.20. The monoisotopic (exact) mass is 287 g/mol. The van der Waals surface area contributed by atoms with Gasteiger partial charge in [0.15, 0.2) is 9.84 Å². The third kappa shape index (κ3) is 4.04. The Balaban J connectivity index is 2.81. The van der Waals surface area contributed by atoms with E-state index in [2.05, 4.69) is 17.3 Å². The standard InChI is InChI=1S/C13H25N3O2S/c1-6-14-9-13-11(4)15-16(12(13)5)7-8-19(17,18)10(2)3/h10,14H,6-9H2,1-5H3. The molecular formula is C13H25N3O2S. The van der Waals surface area contributed by atoms with Gasteiger partial charge in [-0.2, -0.15) is 5.10 Å². The number of aromatic nitrogens is 2. The summed E-state index contributed by atoms with van der Waals surface area (Å²) in [6.45, 7) is 11.6. The SMILES string of the molecule is CCNCc1c(C)nn(CCS(=O)(=O)C(C)C)c1C. The molecule has 0 aliphatic carbocycles. The number of sulfone groups is 1. The minimum atomic E-state index is -3.01. The molecule has 0 aliphatic heterocycles. The maximum atomic E-state index is 11.8. The molecule has 0 radical (unpaired) electrons. The number of rotatable bonds is 7. The van der Waals surface area contributed by atoms with E-state index in [4.69, 9.17) is 0 Å². The molecule has 0 aliphatic rings. The predicted molar refractivity (Wildman–Crippen MR) is 78.0 cm³/mol. The molecule has 19 heavy (non-hydrogen) atoms. The van der Waals surface area contributed by atoms with Crippen LogP contribution >= 0.6 is 0 Å². The average molecular weight is 287 g/mol. The van der Waals surface area contributed by atoms with E-state index in [0.717, 1.165) is 24.5 Å². The molecule has 0 unspecified atom stereocenters. The van der Waals surface area contributed by atoms with Crippen LogP contribution in [0.1, 0.15) is 37.7 Å². The first-order chi connectivity index (χ1) is 8.79. The third-order valence-corrected chi connectivity index (χ3v) is 5.58. The topological polar surface area (TPSA) is 64.0 Å². The molecule has 0 spiro atoms. The number of hydrogen-bond acceptors (Lipinski definition) is 4. The first-order valence-electron chi connectivity index (χ1n) is 6.74. The van der Waals surface area contributed by atoms with Gasteiger partial charge in [0.2, 0.25) is 0 Å². The van der Waals surface area contributed by atoms with Gasteiger partial charge in [-0.05, 0) is 34.2 Å². The highest BCUT2D eigenvalue weighted by Gasteiger charge is 2.18. The molecule has 0 amide bonds. The van der Waals surface area contributed by atoms with Crippen molar-refractivity contribution in [2.45, 2.75) is 53.0 Å². The molecule has 1 rings (SSSR count). The van der Waals surface area contributed by atoms with E-state index < -0.39 is 9.84 Å². The lowest BCUT2D eigenvalue weighted by Crippen LogP contribution is -2.22. The first kappa shape index (κ1) is 16.2. The number of aryl methyl sites for hydroxylation is 2. The zero-order valence-electron chi connectivity index (χ0n) is 12.5. The van der Waals surface area contributed by atoms with Crippen LogP contribution in [0.15, 0.2) is 0 Å². The van der Waals surface area contributed by atoms with E-state index in [9.17, 15) is 8.42 Å². The normalized spacial score (nSPS) is 12.3. The van der Waals surface area contributed by atoms with Crippen LogP contribution in [0.4, 0.5) is 0 Å². The molecule has 1 heterocycles. The molecule has 1 N–H and O–H groups in total. The van der Waals surface area contributed by atoms with Crippen molar-refractivity contribution in [1.29, 1.82) is 0 Å². The Labute approximate surface area is 116 Å². The van der Waals surface area contributed by atoms with Crippen molar-refractivity contribution in [3.63, 3.8) is 0 Å². The van der Waals surface area contributed by atoms with Crippen molar-refractivity contribution in [2.75, 3.05) is 12.3 Å². The number of nitrogens with one attached hydrogen (secondary N) is 1. The van der Waals surface area contributed by atoms with Crippen LogP contribution < -0.4 is 5.32 Å². The van der Waals surface area contributed by atoms with Gasteiger partial charge in [0, 0.05) is 17.8 Å². The highest BCUT2D eigenvalue weighted by Crippen LogP contribution is 2.13. The van der Waals surface area contributed by atoms with E-state index in [1.165, 1.54) is 5.56 Å². The van der Waals surface area contributed by atoms with Crippen LogP contribution in [0, 0.1) is 13.8 Å². The van der Waals surface area contributed by atoms with Crippen LogP contribution in [0.25, 0.3) is 0 Å². The number of hydrogen-bond donors (Lipinski definition) is 1. The molecule has 0 saturated heterocycles. The Kier molecular flexibility index (Phi) is 5.55. The van der Waals surface area contributed by atoms with Gasteiger partial charge in [0.05, 0.1) is 23.2 Å². The molecule has 1 aromatic heterocycles. The summed E-state index contributed by atoms with van der Waals surface area (Å²) in [5, 5.41) is 7.39. The van der Waals surface area contributed by atoms with E-state index in [1.54, 1.807) is 13.8 Å². The van der Waals surface area contributed by atoms with Crippen LogP contribution in [0.5, 0.6) is 0 Å². The van der Waals surface area contributed by atoms with Crippen molar-refractivity contribution in [2.24, 2.45) is 0 Å². The van der Waals surface area contributed by atoms with E-state index in [1.807, 2.05) is 18.5 Å². The quantitative estimate of drug-likeness (QED) is 0.824. The molecule has 0 fully saturated rings. The Morgan fingerprint density at radius 2 is 1.95 bits per heavy atom. The van der Waals surface area contributed by atoms with Gasteiger partial charge in [0.25, 0.3) is 0 Å². The lowest BCUT2D eigenvalue weighted by atomic mass is 10.2. The molecule has 5 nitrogen and oxygen atoms in total. The minimum absolute atomic E-state index is 0.146. The second kappa shape index (κ2) is 6.52. The molecule has 1 aromatic rings. The smallest absolute Gasteiger partial charge is 0.154 e. The number of nitrogens with zero attached hydrogens (tertiary/aromatic N) is 2. The summed E-state index contributed by atoms with van der Waals surface area (Å²) in [7, 11) is -3.01. The average Bonchev–Trinajstić information content (AvgIpc) is 2.60. The lowest BCUT2D eigenvalue weighted by Gasteiger charge is -2.09. The van der Waals surface area contributed by atoms with Crippen LogP contribution in [-0.2, 0) is 22.9 Å². The summed E-state index contributed by atoms with van der Waals surface area (Å²) >= 11 is 0. The maximum Gasteiger partial charge on any atom is 0.154 e. The second-order valence-electron chi connectivity index (χ2n) is 5.07. The van der Waals surface area contributed by atoms with Crippen molar-refractivity contribution in [3.8, 4) is 0 Å². The van der Waals surface area contributed by atoms with Gasteiger partial charge < -0.3 is 5.32 Å². The lowest BCUT2D eigenvalue weighted by molar-refractivity contribution is 0.568. The summed E-state index contributed by atoms with van der Waals surface area (Å²) in [6.07, 6.45) is 0. The highest BCUT2D eigenvalue weighted by atomic mass is 32.2. The first-order valence-corrected chi connectivity index (χ1v) is 8.46. The predicted octanol–water partition coefficient (Wildman–Crippen LogP) is 1.43. The van der Waals surface area contributed by atoms with Gasteiger partial charge in [0.1, 0.15) is 0 Å². The van der Waals surface area contributed by atoms with Gasteiger partial charge in [-0.25, -0.2) is 8.42 Å². The van der Waals surface area contributed by atoms with E-state index in [-0.39, 0.29) is 11.0 Å². The van der Waals surface area contributed by atoms with Gasteiger partial charge >= 0.3 is 0 Å². The van der Waals surface area contributed by atoms with Crippen LogP contribution in [0.2, 0.25) is 0 Å². The molecule has 0 aromatic carbocycles. The van der Waals surface area contributed by atoms with Crippen LogP contribution in [-0.4, -0.2) is 35.7 Å². The van der Waals surface area contributed by atoms with Crippen LogP contribution in [0.3, 0.4) is 0 Å². The molecule has 6 heteroatoms. The maximum absolute atomic E-state index is 11.8. The van der Waals surface area contributed by atoms with Crippen molar-refractivity contribution >= 4 is 9.84 Å². The Morgan fingerprint density at radius 3 is 2.47 bits per heavy atom. The molecule has 0 atom stereocenters. The van der Waals surface area contributed by atoms with Crippen molar-refractivity contribution < 1.29 is 8.42 Å². The van der Waals surface area contributed by atoms with E-state index >= 15 is 0 Å². The minimum Gasteiger partial charge on any atom is -0.313 e. The Bertz CT molecular complexity index is 518.